The van der Waals surface area contributed by atoms with E-state index in [4.69, 9.17) is 11.6 Å². The SMILES string of the molecule is O=C(Cl)c1cc(F)c(C(F)(F)F)cc1F. The van der Waals surface area contributed by atoms with Crippen LogP contribution in [0.2, 0.25) is 0 Å². The second kappa shape index (κ2) is 3.77. The van der Waals surface area contributed by atoms with Gasteiger partial charge >= 0.3 is 6.18 Å². The maximum Gasteiger partial charge on any atom is 0.419 e. The number of benzene rings is 1. The molecule has 0 saturated heterocycles. The van der Waals surface area contributed by atoms with Gasteiger partial charge in [-0.15, -0.1) is 0 Å². The van der Waals surface area contributed by atoms with Crippen molar-refractivity contribution in [3.05, 3.63) is 34.9 Å². The topological polar surface area (TPSA) is 17.1 Å². The van der Waals surface area contributed by atoms with Gasteiger partial charge < -0.3 is 0 Å². The standard InChI is InChI=1S/C8H2ClF5O/c9-7(15)3-1-6(11)4(2-5(3)10)8(12,13)14/h1-2H. The zero-order valence-electron chi connectivity index (χ0n) is 6.83. The summed E-state index contributed by atoms with van der Waals surface area (Å²) in [6.45, 7) is 0. The number of hydrogen-bond donors (Lipinski definition) is 0. The molecule has 0 bridgehead atoms. The summed E-state index contributed by atoms with van der Waals surface area (Å²) < 4.78 is 61.7. The molecule has 0 aliphatic heterocycles. The van der Waals surface area contributed by atoms with Crippen LogP contribution in [-0.4, -0.2) is 5.24 Å². The first-order valence-corrected chi connectivity index (χ1v) is 3.87. The van der Waals surface area contributed by atoms with Crippen molar-refractivity contribution >= 4 is 16.8 Å². The van der Waals surface area contributed by atoms with E-state index in [-0.39, 0.29) is 12.1 Å². The molecule has 7 heteroatoms. The van der Waals surface area contributed by atoms with E-state index in [0.29, 0.717) is 0 Å². The monoisotopic (exact) mass is 244 g/mol. The molecule has 0 saturated carbocycles. The molecule has 82 valence electrons. The van der Waals surface area contributed by atoms with Crippen molar-refractivity contribution in [2.24, 2.45) is 0 Å². The second-order valence-corrected chi connectivity index (χ2v) is 2.93. The first kappa shape index (κ1) is 11.9. The van der Waals surface area contributed by atoms with Crippen molar-refractivity contribution in [1.29, 1.82) is 0 Å². The predicted octanol–water partition coefficient (Wildman–Crippen LogP) is 3.36. The van der Waals surface area contributed by atoms with E-state index in [2.05, 4.69) is 0 Å². The number of halogens is 6. The molecule has 0 aromatic heterocycles. The molecule has 0 N–H and O–H groups in total. The minimum absolute atomic E-state index is 0.106. The fourth-order valence-electron chi connectivity index (χ4n) is 0.915. The third-order valence-corrected chi connectivity index (χ3v) is 1.78. The van der Waals surface area contributed by atoms with Crippen LogP contribution in [0.4, 0.5) is 22.0 Å². The molecule has 0 amide bonds. The number of hydrogen-bond acceptors (Lipinski definition) is 1. The van der Waals surface area contributed by atoms with Crippen LogP contribution < -0.4 is 0 Å². The highest BCUT2D eigenvalue weighted by Crippen LogP contribution is 2.32. The fourth-order valence-corrected chi connectivity index (χ4v) is 1.06. The molecule has 0 radical (unpaired) electrons. The highest BCUT2D eigenvalue weighted by molar-refractivity contribution is 6.67. The normalized spacial score (nSPS) is 11.6. The molecule has 1 aromatic carbocycles. The summed E-state index contributed by atoms with van der Waals surface area (Å²) in [5.74, 6) is -3.25. The van der Waals surface area contributed by atoms with Crippen molar-refractivity contribution in [3.8, 4) is 0 Å². The number of carbonyl (C=O) groups excluding carboxylic acids is 1. The lowest BCUT2D eigenvalue weighted by molar-refractivity contribution is -0.140. The van der Waals surface area contributed by atoms with E-state index >= 15 is 0 Å². The Balaban J connectivity index is 3.39. The van der Waals surface area contributed by atoms with E-state index < -0.39 is 34.2 Å². The quantitative estimate of drug-likeness (QED) is 0.547. The van der Waals surface area contributed by atoms with Gasteiger partial charge in [-0.3, -0.25) is 4.79 Å². The average molecular weight is 245 g/mol. The van der Waals surface area contributed by atoms with Gasteiger partial charge in [0.25, 0.3) is 5.24 Å². The molecule has 0 unspecified atom stereocenters. The van der Waals surface area contributed by atoms with Crippen molar-refractivity contribution in [3.63, 3.8) is 0 Å². The molecule has 1 aromatic rings. The fraction of sp³-hybridized carbons (Fsp3) is 0.125. The van der Waals surface area contributed by atoms with Gasteiger partial charge in [0.1, 0.15) is 11.6 Å². The summed E-state index contributed by atoms with van der Waals surface area (Å²) in [5.41, 5.74) is -2.70. The number of rotatable bonds is 1. The highest BCUT2D eigenvalue weighted by atomic mass is 35.5. The molecule has 15 heavy (non-hydrogen) atoms. The Morgan fingerprint density at radius 1 is 1.13 bits per heavy atom. The van der Waals surface area contributed by atoms with Crippen LogP contribution in [-0.2, 0) is 6.18 Å². The van der Waals surface area contributed by atoms with Crippen molar-refractivity contribution in [1.82, 2.24) is 0 Å². The van der Waals surface area contributed by atoms with Gasteiger partial charge in [-0.1, -0.05) is 0 Å². The molecular weight excluding hydrogens is 243 g/mol. The van der Waals surface area contributed by atoms with Gasteiger partial charge in [0, 0.05) is 0 Å². The Labute approximate surface area is 85.5 Å². The zero-order valence-corrected chi connectivity index (χ0v) is 7.59. The molecule has 1 rings (SSSR count). The van der Waals surface area contributed by atoms with Crippen LogP contribution in [0.5, 0.6) is 0 Å². The minimum Gasteiger partial charge on any atom is -0.275 e. The number of carbonyl (C=O) groups is 1. The summed E-state index contributed by atoms with van der Waals surface area (Å²) in [5, 5.41) is -1.36. The van der Waals surface area contributed by atoms with Gasteiger partial charge in [-0.2, -0.15) is 13.2 Å². The molecule has 0 heterocycles. The second-order valence-electron chi connectivity index (χ2n) is 2.58. The Bertz CT molecular complexity index is 412. The Kier molecular flexibility index (Phi) is 2.99. The molecule has 0 aliphatic rings. The van der Waals surface area contributed by atoms with E-state index in [9.17, 15) is 26.7 Å². The summed E-state index contributed by atoms with van der Waals surface area (Å²) >= 11 is 4.82. The van der Waals surface area contributed by atoms with E-state index in [0.717, 1.165) is 0 Å². The average Bonchev–Trinajstić information content (AvgIpc) is 2.06. The first-order valence-electron chi connectivity index (χ1n) is 3.49. The summed E-state index contributed by atoms with van der Waals surface area (Å²) in [6, 6.07) is 0.0123. The van der Waals surface area contributed by atoms with Crippen LogP contribution in [0.1, 0.15) is 15.9 Å². The van der Waals surface area contributed by atoms with Crippen molar-refractivity contribution in [2.75, 3.05) is 0 Å². The minimum atomic E-state index is -5.02. The van der Waals surface area contributed by atoms with Crippen LogP contribution in [0.15, 0.2) is 12.1 Å². The molecule has 0 atom stereocenters. The largest absolute Gasteiger partial charge is 0.419 e. The lowest BCUT2D eigenvalue weighted by Gasteiger charge is -2.08. The predicted molar refractivity (Wildman–Crippen MR) is 41.5 cm³/mol. The van der Waals surface area contributed by atoms with Crippen molar-refractivity contribution < 1.29 is 26.7 Å². The summed E-state index contributed by atoms with van der Waals surface area (Å²) in [4.78, 5) is 10.5. The maximum atomic E-state index is 12.8. The Morgan fingerprint density at radius 2 is 1.67 bits per heavy atom. The van der Waals surface area contributed by atoms with Crippen LogP contribution in [0.3, 0.4) is 0 Å². The molecule has 0 spiro atoms. The summed E-state index contributed by atoms with van der Waals surface area (Å²) in [6.07, 6.45) is -5.02. The van der Waals surface area contributed by atoms with Gasteiger partial charge in [0.05, 0.1) is 11.1 Å². The van der Waals surface area contributed by atoms with Gasteiger partial charge in [0.2, 0.25) is 0 Å². The molecule has 1 nitrogen and oxygen atoms in total. The third kappa shape index (κ3) is 2.44. The van der Waals surface area contributed by atoms with Gasteiger partial charge in [-0.05, 0) is 23.7 Å². The molecular formula is C8H2ClF5O. The highest BCUT2D eigenvalue weighted by Gasteiger charge is 2.35. The van der Waals surface area contributed by atoms with Gasteiger partial charge in [-0.25, -0.2) is 8.78 Å². The van der Waals surface area contributed by atoms with E-state index in [1.807, 2.05) is 0 Å². The van der Waals surface area contributed by atoms with E-state index in [1.165, 1.54) is 0 Å². The van der Waals surface area contributed by atoms with Gasteiger partial charge in [0.15, 0.2) is 0 Å². The van der Waals surface area contributed by atoms with Crippen LogP contribution >= 0.6 is 11.6 Å². The number of alkyl halides is 3. The third-order valence-electron chi connectivity index (χ3n) is 1.57. The zero-order chi connectivity index (χ0) is 11.8. The smallest absolute Gasteiger partial charge is 0.275 e. The van der Waals surface area contributed by atoms with E-state index in [1.54, 1.807) is 0 Å². The Morgan fingerprint density at radius 3 is 2.07 bits per heavy atom. The van der Waals surface area contributed by atoms with Crippen LogP contribution in [0.25, 0.3) is 0 Å². The Hall–Kier alpha value is -1.17. The lowest BCUT2D eigenvalue weighted by Crippen LogP contribution is -2.10. The lowest BCUT2D eigenvalue weighted by atomic mass is 10.1. The van der Waals surface area contributed by atoms with Crippen LogP contribution in [0, 0.1) is 11.6 Å². The maximum absolute atomic E-state index is 12.8. The molecule has 0 aliphatic carbocycles. The van der Waals surface area contributed by atoms with Crippen molar-refractivity contribution in [2.45, 2.75) is 6.18 Å². The molecule has 0 fully saturated rings. The first-order chi connectivity index (χ1) is 6.73. The summed E-state index contributed by atoms with van der Waals surface area (Å²) in [7, 11) is 0.